The van der Waals surface area contributed by atoms with E-state index in [2.05, 4.69) is 10.4 Å². The van der Waals surface area contributed by atoms with Gasteiger partial charge >= 0.3 is 0 Å². The Hall–Kier alpha value is -1.89. The minimum Gasteiger partial charge on any atom is -0.339 e. The number of amides is 2. The molecule has 20 heavy (non-hydrogen) atoms. The Kier molecular flexibility index (Phi) is 4.39. The highest BCUT2D eigenvalue weighted by molar-refractivity contribution is 5.97. The molecule has 0 unspecified atom stereocenters. The van der Waals surface area contributed by atoms with Crippen LogP contribution in [0.1, 0.15) is 16.1 Å². The molecule has 7 heteroatoms. The number of hydrogen-bond donors (Lipinski definition) is 1. The van der Waals surface area contributed by atoms with Crippen molar-refractivity contribution in [3.8, 4) is 0 Å². The Labute approximate surface area is 118 Å². The fourth-order valence-corrected chi connectivity index (χ4v) is 2.20. The van der Waals surface area contributed by atoms with Crippen molar-refractivity contribution >= 4 is 11.8 Å². The summed E-state index contributed by atoms with van der Waals surface area (Å²) in [6, 6.07) is 0. The van der Waals surface area contributed by atoms with Crippen molar-refractivity contribution < 1.29 is 9.59 Å². The van der Waals surface area contributed by atoms with Crippen LogP contribution in [0.2, 0.25) is 0 Å². The lowest BCUT2D eigenvalue weighted by molar-refractivity contribution is -0.132. The first-order valence-corrected chi connectivity index (χ1v) is 6.73. The smallest absolute Gasteiger partial charge is 0.257 e. The van der Waals surface area contributed by atoms with E-state index in [-0.39, 0.29) is 18.4 Å². The molecule has 0 bridgehead atoms. The zero-order valence-corrected chi connectivity index (χ0v) is 12.2. The van der Waals surface area contributed by atoms with Gasteiger partial charge in [0.25, 0.3) is 5.91 Å². The topological polar surface area (TPSA) is 70.5 Å². The van der Waals surface area contributed by atoms with Gasteiger partial charge in [-0.05, 0) is 6.92 Å². The third kappa shape index (κ3) is 2.98. The Morgan fingerprint density at radius 2 is 2.05 bits per heavy atom. The summed E-state index contributed by atoms with van der Waals surface area (Å²) in [5, 5.41) is 7.25. The van der Waals surface area contributed by atoms with Crippen LogP contribution < -0.4 is 5.32 Å². The van der Waals surface area contributed by atoms with E-state index in [1.807, 2.05) is 6.92 Å². The molecule has 110 valence electrons. The molecule has 1 aliphatic heterocycles. The van der Waals surface area contributed by atoms with Crippen molar-refractivity contribution in [1.82, 2.24) is 24.9 Å². The summed E-state index contributed by atoms with van der Waals surface area (Å²) in [5.41, 5.74) is 1.35. The van der Waals surface area contributed by atoms with Crippen LogP contribution in [0, 0.1) is 6.92 Å². The normalized spacial score (nSPS) is 15.2. The van der Waals surface area contributed by atoms with E-state index in [1.165, 1.54) is 4.90 Å². The van der Waals surface area contributed by atoms with E-state index < -0.39 is 0 Å². The van der Waals surface area contributed by atoms with Crippen LogP contribution >= 0.6 is 0 Å². The maximum atomic E-state index is 12.3. The zero-order chi connectivity index (χ0) is 14.7. The molecular weight excluding hydrogens is 258 g/mol. The molecular formula is C13H21N5O2. The number of rotatable bonds is 3. The molecule has 0 radical (unpaired) electrons. The molecule has 0 saturated carbocycles. The first-order chi connectivity index (χ1) is 9.50. The molecule has 1 N–H and O–H groups in total. The van der Waals surface area contributed by atoms with Gasteiger partial charge in [-0.25, -0.2) is 0 Å². The van der Waals surface area contributed by atoms with Crippen LogP contribution in [0.5, 0.6) is 0 Å². The molecule has 2 heterocycles. The summed E-state index contributed by atoms with van der Waals surface area (Å²) in [6.07, 6.45) is 1.55. The van der Waals surface area contributed by atoms with Crippen LogP contribution in [-0.2, 0) is 11.8 Å². The second kappa shape index (κ2) is 6.04. The van der Waals surface area contributed by atoms with E-state index in [9.17, 15) is 9.59 Å². The number of nitrogens with one attached hydrogen (secondary N) is 1. The number of carbonyl (C=O) groups is 2. The average Bonchev–Trinajstić information content (AvgIpc) is 2.79. The lowest BCUT2D eigenvalue weighted by Gasteiger charge is -2.29. The van der Waals surface area contributed by atoms with Crippen LogP contribution in [0.25, 0.3) is 0 Å². The molecule has 1 fully saturated rings. The third-order valence-electron chi connectivity index (χ3n) is 3.65. The summed E-state index contributed by atoms with van der Waals surface area (Å²) in [5.74, 6) is -0.178. The predicted octanol–water partition coefficient (Wildman–Crippen LogP) is -0.768. The van der Waals surface area contributed by atoms with Crippen molar-refractivity contribution in [3.63, 3.8) is 0 Å². The molecule has 1 aliphatic rings. The Balaban J connectivity index is 1.97. The highest BCUT2D eigenvalue weighted by Gasteiger charge is 2.22. The first-order valence-electron chi connectivity index (χ1n) is 6.73. The molecule has 1 aromatic heterocycles. The van der Waals surface area contributed by atoms with Crippen LogP contribution in [0.4, 0.5) is 0 Å². The van der Waals surface area contributed by atoms with Gasteiger partial charge in [-0.15, -0.1) is 0 Å². The molecule has 0 aliphatic carbocycles. The van der Waals surface area contributed by atoms with Gasteiger partial charge in [-0.2, -0.15) is 5.10 Å². The standard InChI is InChI=1S/C13H21N5O2/c1-10-11(8-15-17(10)3)13(20)16(2)9-12(19)18-6-4-14-5-7-18/h8,14H,4-7,9H2,1-3H3. The second-order valence-corrected chi connectivity index (χ2v) is 5.06. The lowest BCUT2D eigenvalue weighted by atomic mass is 10.2. The predicted molar refractivity (Wildman–Crippen MR) is 74.4 cm³/mol. The largest absolute Gasteiger partial charge is 0.339 e. The Morgan fingerprint density at radius 3 is 2.60 bits per heavy atom. The zero-order valence-electron chi connectivity index (χ0n) is 12.2. The minimum absolute atomic E-state index is 0.0103. The number of piperazine rings is 1. The average molecular weight is 279 g/mol. The van der Waals surface area contributed by atoms with E-state index in [0.29, 0.717) is 18.7 Å². The van der Waals surface area contributed by atoms with Gasteiger partial charge in [-0.3, -0.25) is 14.3 Å². The summed E-state index contributed by atoms with van der Waals surface area (Å²) in [7, 11) is 3.44. The minimum atomic E-state index is -0.168. The number of hydrogen-bond acceptors (Lipinski definition) is 4. The van der Waals surface area contributed by atoms with Gasteiger partial charge in [0.05, 0.1) is 18.3 Å². The number of carbonyl (C=O) groups excluding carboxylic acids is 2. The van der Waals surface area contributed by atoms with Gasteiger partial charge in [0.2, 0.25) is 5.91 Å². The maximum Gasteiger partial charge on any atom is 0.257 e. The van der Waals surface area contributed by atoms with Crippen molar-refractivity contribution in [2.24, 2.45) is 7.05 Å². The fraction of sp³-hybridized carbons (Fsp3) is 0.615. The molecule has 0 aromatic carbocycles. The van der Waals surface area contributed by atoms with E-state index in [4.69, 9.17) is 0 Å². The van der Waals surface area contributed by atoms with Crippen LogP contribution in [-0.4, -0.2) is 71.2 Å². The molecule has 2 amide bonds. The number of likely N-dealkylation sites (N-methyl/N-ethyl adjacent to an activating group) is 1. The molecule has 0 spiro atoms. The Bertz CT molecular complexity index is 505. The van der Waals surface area contributed by atoms with Gasteiger partial charge in [-0.1, -0.05) is 0 Å². The second-order valence-electron chi connectivity index (χ2n) is 5.06. The third-order valence-corrected chi connectivity index (χ3v) is 3.65. The number of aryl methyl sites for hydroxylation is 1. The fourth-order valence-electron chi connectivity index (χ4n) is 2.20. The molecule has 7 nitrogen and oxygen atoms in total. The first kappa shape index (κ1) is 14.5. The van der Waals surface area contributed by atoms with Gasteiger partial charge in [0, 0.05) is 46.0 Å². The van der Waals surface area contributed by atoms with E-state index in [0.717, 1.165) is 18.8 Å². The highest BCUT2D eigenvalue weighted by atomic mass is 16.2. The summed E-state index contributed by atoms with van der Waals surface area (Å²) < 4.78 is 1.65. The molecule has 1 aromatic rings. The maximum absolute atomic E-state index is 12.3. The molecule has 2 rings (SSSR count). The lowest BCUT2D eigenvalue weighted by Crippen LogP contribution is -2.49. The van der Waals surface area contributed by atoms with Gasteiger partial charge < -0.3 is 15.1 Å². The number of nitrogens with zero attached hydrogens (tertiary/aromatic N) is 4. The number of aromatic nitrogens is 2. The molecule has 0 atom stereocenters. The quantitative estimate of drug-likeness (QED) is 0.789. The summed E-state index contributed by atoms with van der Waals surface area (Å²) >= 11 is 0. The van der Waals surface area contributed by atoms with E-state index in [1.54, 1.807) is 29.9 Å². The summed E-state index contributed by atoms with van der Waals surface area (Å²) in [6.45, 7) is 4.97. The van der Waals surface area contributed by atoms with Crippen molar-refractivity contribution in [2.75, 3.05) is 39.8 Å². The Morgan fingerprint density at radius 1 is 1.40 bits per heavy atom. The van der Waals surface area contributed by atoms with Crippen molar-refractivity contribution in [1.29, 1.82) is 0 Å². The molecule has 1 saturated heterocycles. The van der Waals surface area contributed by atoms with Gasteiger partial charge in [0.15, 0.2) is 0 Å². The van der Waals surface area contributed by atoms with Crippen LogP contribution in [0.15, 0.2) is 6.20 Å². The van der Waals surface area contributed by atoms with Crippen molar-refractivity contribution in [3.05, 3.63) is 17.5 Å². The SMILES string of the molecule is Cc1c(C(=O)N(C)CC(=O)N2CCNCC2)cnn1C. The van der Waals surface area contributed by atoms with Gasteiger partial charge in [0.1, 0.15) is 0 Å². The summed E-state index contributed by atoms with van der Waals surface area (Å²) in [4.78, 5) is 27.6. The monoisotopic (exact) mass is 279 g/mol. The van der Waals surface area contributed by atoms with Crippen molar-refractivity contribution in [2.45, 2.75) is 6.92 Å². The van der Waals surface area contributed by atoms with Crippen LogP contribution in [0.3, 0.4) is 0 Å². The van der Waals surface area contributed by atoms with E-state index >= 15 is 0 Å². The highest BCUT2D eigenvalue weighted by Crippen LogP contribution is 2.09.